The van der Waals surface area contributed by atoms with Crippen molar-refractivity contribution in [2.45, 2.75) is 30.7 Å². The molecule has 2 heterocycles. The number of hydrogen-bond donors (Lipinski definition) is 0. The summed E-state index contributed by atoms with van der Waals surface area (Å²) >= 11 is 1.72. The highest BCUT2D eigenvalue weighted by Gasteiger charge is 2.25. The van der Waals surface area contributed by atoms with E-state index < -0.39 is 0 Å². The molecule has 2 aliphatic rings. The maximum Gasteiger partial charge on any atom is 0.133 e. The summed E-state index contributed by atoms with van der Waals surface area (Å²) in [6.07, 6.45) is 4.44. The Kier molecular flexibility index (Phi) is 5.99. The standard InChI is InChI=1S/C18H26N4OS/c1-21(2)9-12-24-18-16(13-19)14-5-3-4-6-15(14)17(20-18)22-7-10-23-11-8-22/h3-12H2,1-2H3. The number of fused-ring (bicyclic) bond motifs is 1. The zero-order valence-corrected chi connectivity index (χ0v) is 15.5. The van der Waals surface area contributed by atoms with Crippen molar-refractivity contribution in [2.24, 2.45) is 0 Å². The maximum atomic E-state index is 9.74. The number of anilines is 1. The van der Waals surface area contributed by atoms with Crippen LogP contribution in [0.2, 0.25) is 0 Å². The van der Waals surface area contributed by atoms with Crippen molar-refractivity contribution in [2.75, 3.05) is 57.6 Å². The van der Waals surface area contributed by atoms with E-state index in [4.69, 9.17) is 9.72 Å². The summed E-state index contributed by atoms with van der Waals surface area (Å²) in [5, 5.41) is 10.7. The molecule has 1 saturated heterocycles. The number of pyridine rings is 1. The highest BCUT2D eigenvalue weighted by atomic mass is 32.2. The molecule has 1 aliphatic carbocycles. The van der Waals surface area contributed by atoms with E-state index in [1.807, 2.05) is 0 Å². The summed E-state index contributed by atoms with van der Waals surface area (Å²) in [7, 11) is 4.15. The molecule has 24 heavy (non-hydrogen) atoms. The van der Waals surface area contributed by atoms with Crippen LogP contribution in [0.5, 0.6) is 0 Å². The molecule has 1 aliphatic heterocycles. The Hall–Kier alpha value is -1.29. The topological polar surface area (TPSA) is 52.4 Å². The Labute approximate surface area is 149 Å². The largest absolute Gasteiger partial charge is 0.378 e. The van der Waals surface area contributed by atoms with Gasteiger partial charge in [0.15, 0.2) is 0 Å². The Bertz CT molecular complexity index is 620. The zero-order chi connectivity index (χ0) is 16.9. The van der Waals surface area contributed by atoms with Gasteiger partial charge < -0.3 is 14.5 Å². The average molecular weight is 347 g/mol. The van der Waals surface area contributed by atoms with Crippen molar-refractivity contribution in [1.82, 2.24) is 9.88 Å². The number of nitriles is 1. The van der Waals surface area contributed by atoms with E-state index in [1.165, 1.54) is 24.0 Å². The van der Waals surface area contributed by atoms with Crippen LogP contribution in [0.4, 0.5) is 5.82 Å². The summed E-state index contributed by atoms with van der Waals surface area (Å²) in [6.45, 7) is 4.31. The molecule has 6 heteroatoms. The van der Waals surface area contributed by atoms with Gasteiger partial charge in [0.25, 0.3) is 0 Å². The quantitative estimate of drug-likeness (QED) is 0.763. The van der Waals surface area contributed by atoms with Gasteiger partial charge in [-0.1, -0.05) is 0 Å². The third-order valence-corrected chi connectivity index (χ3v) is 5.62. The van der Waals surface area contributed by atoms with Crippen LogP contribution in [0.15, 0.2) is 5.03 Å². The van der Waals surface area contributed by atoms with Crippen LogP contribution in [0.25, 0.3) is 0 Å². The number of thioether (sulfide) groups is 1. The second kappa shape index (κ2) is 8.19. The third kappa shape index (κ3) is 3.85. The van der Waals surface area contributed by atoms with E-state index >= 15 is 0 Å². The molecule has 0 aromatic carbocycles. The van der Waals surface area contributed by atoms with E-state index in [1.54, 1.807) is 11.8 Å². The van der Waals surface area contributed by atoms with Crippen LogP contribution in [0.1, 0.15) is 29.5 Å². The molecule has 1 aromatic heterocycles. The van der Waals surface area contributed by atoms with Gasteiger partial charge in [-0.3, -0.25) is 0 Å². The zero-order valence-electron chi connectivity index (χ0n) is 14.7. The molecule has 1 fully saturated rings. The first-order chi connectivity index (χ1) is 11.7. The smallest absolute Gasteiger partial charge is 0.133 e. The van der Waals surface area contributed by atoms with Crippen molar-refractivity contribution >= 4 is 17.6 Å². The molecule has 1 aromatic rings. The summed E-state index contributed by atoms with van der Waals surface area (Å²) in [4.78, 5) is 9.49. The normalized spacial score (nSPS) is 17.7. The SMILES string of the molecule is CN(C)CCSc1nc(N2CCOCC2)c2c(c1C#N)CCCC2. The van der Waals surface area contributed by atoms with Crippen molar-refractivity contribution in [1.29, 1.82) is 5.26 Å². The van der Waals surface area contributed by atoms with Crippen LogP contribution in [-0.4, -0.2) is 62.6 Å². The molecule has 0 saturated carbocycles. The molecule has 5 nitrogen and oxygen atoms in total. The van der Waals surface area contributed by atoms with Gasteiger partial charge in [-0.25, -0.2) is 4.98 Å². The van der Waals surface area contributed by atoms with Gasteiger partial charge in [0, 0.05) is 25.4 Å². The Morgan fingerprint density at radius 2 is 1.92 bits per heavy atom. The lowest BCUT2D eigenvalue weighted by atomic mass is 9.89. The number of hydrogen-bond acceptors (Lipinski definition) is 6. The fourth-order valence-electron chi connectivity index (χ4n) is 3.36. The molecule has 3 rings (SSSR count). The predicted octanol–water partition coefficient (Wildman–Crippen LogP) is 2.32. The van der Waals surface area contributed by atoms with Gasteiger partial charge in [0.05, 0.1) is 18.8 Å². The van der Waals surface area contributed by atoms with Crippen LogP contribution in [-0.2, 0) is 17.6 Å². The minimum atomic E-state index is 0.763. The minimum absolute atomic E-state index is 0.763. The lowest BCUT2D eigenvalue weighted by Crippen LogP contribution is -2.38. The van der Waals surface area contributed by atoms with E-state index in [0.29, 0.717) is 0 Å². The molecule has 0 spiro atoms. The van der Waals surface area contributed by atoms with Crippen molar-refractivity contribution in [3.63, 3.8) is 0 Å². The number of morpholine rings is 1. The summed E-state index contributed by atoms with van der Waals surface area (Å²) in [6, 6.07) is 2.45. The molecule has 0 unspecified atom stereocenters. The molecule has 0 bridgehead atoms. The fraction of sp³-hybridized carbons (Fsp3) is 0.667. The summed E-state index contributed by atoms with van der Waals surface area (Å²) in [5.74, 6) is 2.06. The van der Waals surface area contributed by atoms with Gasteiger partial charge in [0.2, 0.25) is 0 Å². The molecule has 0 N–H and O–H groups in total. The lowest BCUT2D eigenvalue weighted by Gasteiger charge is -2.32. The van der Waals surface area contributed by atoms with E-state index in [-0.39, 0.29) is 0 Å². The fourth-order valence-corrected chi connectivity index (χ4v) is 4.47. The number of rotatable bonds is 5. The average Bonchev–Trinajstić information content (AvgIpc) is 2.61. The van der Waals surface area contributed by atoms with Gasteiger partial charge >= 0.3 is 0 Å². The number of ether oxygens (including phenoxy) is 1. The highest BCUT2D eigenvalue weighted by Crippen LogP contribution is 2.36. The predicted molar refractivity (Wildman–Crippen MR) is 97.9 cm³/mol. The second-order valence-electron chi connectivity index (χ2n) is 6.64. The first kappa shape index (κ1) is 17.5. The summed E-state index contributed by atoms with van der Waals surface area (Å²) < 4.78 is 5.50. The highest BCUT2D eigenvalue weighted by molar-refractivity contribution is 7.99. The molecular formula is C18H26N4OS. The van der Waals surface area contributed by atoms with Gasteiger partial charge in [0.1, 0.15) is 16.9 Å². The molecule has 0 atom stereocenters. The second-order valence-corrected chi connectivity index (χ2v) is 7.73. The van der Waals surface area contributed by atoms with E-state index in [2.05, 4.69) is 30.0 Å². The third-order valence-electron chi connectivity index (χ3n) is 4.66. The van der Waals surface area contributed by atoms with Gasteiger partial charge in [-0.15, -0.1) is 11.8 Å². The Morgan fingerprint density at radius 1 is 1.21 bits per heavy atom. The molecule has 0 radical (unpaired) electrons. The number of nitrogens with zero attached hydrogens (tertiary/aromatic N) is 4. The van der Waals surface area contributed by atoms with Gasteiger partial charge in [-0.05, 0) is 50.9 Å². The van der Waals surface area contributed by atoms with Crippen molar-refractivity contribution in [3.05, 3.63) is 16.7 Å². The minimum Gasteiger partial charge on any atom is -0.378 e. The molecule has 0 amide bonds. The first-order valence-corrected chi connectivity index (χ1v) is 9.75. The van der Waals surface area contributed by atoms with Gasteiger partial charge in [-0.2, -0.15) is 5.26 Å². The van der Waals surface area contributed by atoms with E-state index in [0.717, 1.165) is 67.8 Å². The summed E-state index contributed by atoms with van der Waals surface area (Å²) in [5.41, 5.74) is 3.40. The van der Waals surface area contributed by atoms with Crippen molar-refractivity contribution in [3.8, 4) is 6.07 Å². The first-order valence-electron chi connectivity index (χ1n) is 8.76. The van der Waals surface area contributed by atoms with Crippen molar-refractivity contribution < 1.29 is 4.74 Å². The Morgan fingerprint density at radius 3 is 2.58 bits per heavy atom. The van der Waals surface area contributed by atoms with Crippen LogP contribution in [0, 0.1) is 11.3 Å². The molecular weight excluding hydrogens is 320 g/mol. The van der Waals surface area contributed by atoms with Crippen LogP contribution in [0.3, 0.4) is 0 Å². The van der Waals surface area contributed by atoms with Crippen LogP contribution >= 0.6 is 11.8 Å². The monoisotopic (exact) mass is 346 g/mol. The van der Waals surface area contributed by atoms with E-state index in [9.17, 15) is 5.26 Å². The lowest BCUT2D eigenvalue weighted by molar-refractivity contribution is 0.122. The Balaban J connectivity index is 1.96. The number of aromatic nitrogens is 1. The maximum absolute atomic E-state index is 9.74. The van der Waals surface area contributed by atoms with Crippen LogP contribution < -0.4 is 4.90 Å². The molecule has 130 valence electrons.